The van der Waals surface area contributed by atoms with Crippen LogP contribution in [0.3, 0.4) is 0 Å². The summed E-state index contributed by atoms with van der Waals surface area (Å²) in [5.41, 5.74) is 1.67. The van der Waals surface area contributed by atoms with Gasteiger partial charge in [-0.2, -0.15) is 0 Å². The highest BCUT2D eigenvalue weighted by atomic mass is 32.2. The molecular weight excluding hydrogens is 260 g/mol. The molecule has 2 heterocycles. The average Bonchev–Trinajstić information content (AvgIpc) is 2.77. The number of aromatic amines is 1. The molecule has 102 valence electrons. The molecule has 0 aliphatic heterocycles. The Balaban J connectivity index is 2.29. The Morgan fingerprint density at radius 1 is 1.53 bits per heavy atom. The number of ether oxygens (including phenoxy) is 1. The van der Waals surface area contributed by atoms with Gasteiger partial charge in [0, 0.05) is 6.20 Å². The van der Waals surface area contributed by atoms with Crippen LogP contribution in [0.2, 0.25) is 0 Å². The molecule has 0 bridgehead atoms. The van der Waals surface area contributed by atoms with Crippen LogP contribution in [0, 0.1) is 5.92 Å². The molecule has 0 amide bonds. The van der Waals surface area contributed by atoms with Gasteiger partial charge in [0.1, 0.15) is 17.4 Å². The van der Waals surface area contributed by atoms with Gasteiger partial charge in [0.2, 0.25) is 5.88 Å². The van der Waals surface area contributed by atoms with Crippen LogP contribution in [0.4, 0.5) is 5.69 Å². The number of rotatable bonds is 6. The number of nitrogens with one attached hydrogen (secondary N) is 2. The smallest absolute Gasteiger partial charge is 0.228 e. The number of anilines is 1. The molecule has 19 heavy (non-hydrogen) atoms. The highest BCUT2D eigenvalue weighted by Gasteiger charge is 2.12. The van der Waals surface area contributed by atoms with Crippen LogP contribution in [0.25, 0.3) is 11.0 Å². The topological polar surface area (TPSA) is 62.8 Å². The molecule has 2 rings (SSSR count). The van der Waals surface area contributed by atoms with Crippen LogP contribution < -0.4 is 9.46 Å². The third-order valence-electron chi connectivity index (χ3n) is 2.32. The third kappa shape index (κ3) is 3.41. The lowest BCUT2D eigenvalue weighted by atomic mass is 10.2. The van der Waals surface area contributed by atoms with E-state index in [-0.39, 0.29) is 0 Å². The van der Waals surface area contributed by atoms with E-state index in [1.54, 1.807) is 0 Å². The van der Waals surface area contributed by atoms with E-state index in [2.05, 4.69) is 40.1 Å². The molecule has 0 fully saturated rings. The van der Waals surface area contributed by atoms with Crippen LogP contribution in [-0.2, 0) is 0 Å². The minimum absolute atomic E-state index is 0.449. The van der Waals surface area contributed by atoms with E-state index in [0.717, 1.165) is 21.6 Å². The van der Waals surface area contributed by atoms with Crippen molar-refractivity contribution in [1.82, 2.24) is 15.0 Å². The normalized spacial score (nSPS) is 10.9. The van der Waals surface area contributed by atoms with Gasteiger partial charge in [0.05, 0.1) is 12.3 Å². The lowest BCUT2D eigenvalue weighted by Gasteiger charge is -2.09. The SMILES string of the molecule is C=C(C)SNc1c[nH]c2ncnc(OCC(C)C)c12. The fraction of sp³-hybridized carbons (Fsp3) is 0.385. The minimum atomic E-state index is 0.449. The van der Waals surface area contributed by atoms with Crippen molar-refractivity contribution in [2.75, 3.05) is 11.3 Å². The number of fused-ring (bicyclic) bond motifs is 1. The summed E-state index contributed by atoms with van der Waals surface area (Å²) in [6.07, 6.45) is 3.36. The molecule has 0 radical (unpaired) electrons. The number of hydrogen-bond acceptors (Lipinski definition) is 5. The molecule has 0 saturated heterocycles. The standard InChI is InChI=1S/C13H18N4OS/c1-8(2)6-18-13-11-10(17-19-9(3)4)5-14-12(11)15-7-16-13/h5,7-8,17H,3,6H2,1-2,4H3,(H,14,15,16). The fourth-order valence-corrected chi connectivity index (χ4v) is 1.96. The van der Waals surface area contributed by atoms with Gasteiger partial charge < -0.3 is 14.4 Å². The maximum absolute atomic E-state index is 5.74. The van der Waals surface area contributed by atoms with Gasteiger partial charge >= 0.3 is 0 Å². The summed E-state index contributed by atoms with van der Waals surface area (Å²) in [6.45, 7) is 10.6. The van der Waals surface area contributed by atoms with E-state index in [0.29, 0.717) is 18.4 Å². The lowest BCUT2D eigenvalue weighted by molar-refractivity contribution is 0.264. The monoisotopic (exact) mass is 278 g/mol. The first-order valence-electron chi connectivity index (χ1n) is 6.11. The molecule has 5 nitrogen and oxygen atoms in total. The summed E-state index contributed by atoms with van der Waals surface area (Å²) in [4.78, 5) is 12.5. The molecule has 2 N–H and O–H groups in total. The van der Waals surface area contributed by atoms with Gasteiger partial charge in [0.25, 0.3) is 0 Å². The van der Waals surface area contributed by atoms with Crippen LogP contribution in [0.1, 0.15) is 20.8 Å². The van der Waals surface area contributed by atoms with E-state index in [9.17, 15) is 0 Å². The Morgan fingerprint density at radius 3 is 3.00 bits per heavy atom. The van der Waals surface area contributed by atoms with Crippen molar-refractivity contribution in [3.8, 4) is 5.88 Å². The van der Waals surface area contributed by atoms with Gasteiger partial charge in [-0.3, -0.25) is 0 Å². The van der Waals surface area contributed by atoms with Crippen LogP contribution in [0.15, 0.2) is 24.0 Å². The number of aromatic nitrogens is 3. The largest absolute Gasteiger partial charge is 0.477 e. The van der Waals surface area contributed by atoms with Crippen LogP contribution >= 0.6 is 11.9 Å². The van der Waals surface area contributed by atoms with Gasteiger partial charge in [-0.05, 0) is 29.7 Å². The van der Waals surface area contributed by atoms with Crippen molar-refractivity contribution in [3.05, 3.63) is 24.0 Å². The van der Waals surface area contributed by atoms with Crippen molar-refractivity contribution >= 4 is 28.7 Å². The van der Waals surface area contributed by atoms with Crippen molar-refractivity contribution in [3.63, 3.8) is 0 Å². The van der Waals surface area contributed by atoms with E-state index in [1.165, 1.54) is 18.3 Å². The maximum atomic E-state index is 5.74. The zero-order chi connectivity index (χ0) is 13.8. The van der Waals surface area contributed by atoms with Gasteiger partial charge in [-0.1, -0.05) is 20.4 Å². The predicted molar refractivity (Wildman–Crippen MR) is 80.2 cm³/mol. The molecule has 0 aromatic carbocycles. The maximum Gasteiger partial charge on any atom is 0.228 e. The van der Waals surface area contributed by atoms with Gasteiger partial charge in [-0.25, -0.2) is 9.97 Å². The van der Waals surface area contributed by atoms with Gasteiger partial charge in [-0.15, -0.1) is 0 Å². The summed E-state index contributed by atoms with van der Waals surface area (Å²) in [5, 5.41) is 0.872. The Bertz CT molecular complexity index is 579. The second-order valence-corrected chi connectivity index (χ2v) is 5.82. The van der Waals surface area contributed by atoms with Crippen LogP contribution in [0.5, 0.6) is 5.88 Å². The second kappa shape index (κ2) is 5.97. The Morgan fingerprint density at radius 2 is 2.32 bits per heavy atom. The molecule has 0 aliphatic carbocycles. The quantitative estimate of drug-likeness (QED) is 0.791. The average molecular weight is 278 g/mol. The first kappa shape index (κ1) is 13.7. The van der Waals surface area contributed by atoms with E-state index in [1.807, 2.05) is 13.1 Å². The minimum Gasteiger partial charge on any atom is -0.477 e. The predicted octanol–water partition coefficient (Wildman–Crippen LogP) is 3.59. The third-order valence-corrected chi connectivity index (χ3v) is 2.99. The second-order valence-electron chi connectivity index (χ2n) is 4.72. The van der Waals surface area contributed by atoms with E-state index in [4.69, 9.17) is 4.74 Å². The number of allylic oxidation sites excluding steroid dienone is 1. The number of H-pyrrole nitrogens is 1. The van der Waals surface area contributed by atoms with Crippen molar-refractivity contribution < 1.29 is 4.74 Å². The molecule has 2 aromatic heterocycles. The highest BCUT2D eigenvalue weighted by Crippen LogP contribution is 2.31. The number of nitrogens with zero attached hydrogens (tertiary/aromatic N) is 2. The summed E-state index contributed by atoms with van der Waals surface area (Å²) in [5.74, 6) is 1.05. The summed E-state index contributed by atoms with van der Waals surface area (Å²) in [7, 11) is 0. The summed E-state index contributed by atoms with van der Waals surface area (Å²) >= 11 is 1.46. The summed E-state index contributed by atoms with van der Waals surface area (Å²) < 4.78 is 8.96. The first-order chi connectivity index (χ1) is 9.08. The Hall–Kier alpha value is -1.69. The first-order valence-corrected chi connectivity index (χ1v) is 6.93. The van der Waals surface area contributed by atoms with Gasteiger partial charge in [0.15, 0.2) is 0 Å². The Kier molecular flexibility index (Phi) is 4.31. The molecule has 0 saturated carbocycles. The van der Waals surface area contributed by atoms with Crippen molar-refractivity contribution in [2.45, 2.75) is 20.8 Å². The Labute approximate surface area is 117 Å². The number of hydrogen-bond donors (Lipinski definition) is 2. The zero-order valence-electron chi connectivity index (χ0n) is 11.4. The van der Waals surface area contributed by atoms with Crippen LogP contribution in [-0.4, -0.2) is 21.6 Å². The fourth-order valence-electron chi connectivity index (χ4n) is 1.51. The van der Waals surface area contributed by atoms with Crippen molar-refractivity contribution in [1.29, 1.82) is 0 Å². The summed E-state index contributed by atoms with van der Waals surface area (Å²) in [6, 6.07) is 0. The molecule has 0 aliphatic rings. The van der Waals surface area contributed by atoms with E-state index >= 15 is 0 Å². The van der Waals surface area contributed by atoms with Crippen molar-refractivity contribution in [2.24, 2.45) is 5.92 Å². The molecular formula is C13H18N4OS. The van der Waals surface area contributed by atoms with E-state index < -0.39 is 0 Å². The lowest BCUT2D eigenvalue weighted by Crippen LogP contribution is -2.06. The zero-order valence-corrected chi connectivity index (χ0v) is 12.2. The highest BCUT2D eigenvalue weighted by molar-refractivity contribution is 8.04. The molecule has 6 heteroatoms. The molecule has 0 atom stereocenters. The molecule has 0 spiro atoms. The molecule has 2 aromatic rings. The molecule has 0 unspecified atom stereocenters.